The van der Waals surface area contributed by atoms with Crippen LogP contribution in [0.15, 0.2) is 18.2 Å². The number of carbonyl (C=O) groups excluding carboxylic acids is 1. The van der Waals surface area contributed by atoms with Crippen molar-refractivity contribution in [1.29, 1.82) is 0 Å². The fraction of sp³-hybridized carbons (Fsp3) is 0.533. The molecule has 1 aromatic carbocycles. The summed E-state index contributed by atoms with van der Waals surface area (Å²) in [7, 11) is 2.08. The van der Waals surface area contributed by atoms with Crippen LogP contribution in [-0.2, 0) is 0 Å². The predicted molar refractivity (Wildman–Crippen MR) is 83.0 cm³/mol. The van der Waals surface area contributed by atoms with Crippen molar-refractivity contribution >= 4 is 17.3 Å². The van der Waals surface area contributed by atoms with Crippen LogP contribution in [0.2, 0.25) is 0 Å². The van der Waals surface area contributed by atoms with Gasteiger partial charge in [0.15, 0.2) is 0 Å². The lowest BCUT2D eigenvalue weighted by molar-refractivity contribution is -0.384. The molecule has 0 unspecified atom stereocenters. The molecule has 3 rings (SSSR count). The smallest absolute Gasteiger partial charge is 0.293 e. The molecular formula is C15H20N4O3. The second-order valence-corrected chi connectivity index (χ2v) is 6.19. The molecule has 7 heteroatoms. The van der Waals surface area contributed by atoms with Crippen molar-refractivity contribution in [2.45, 2.75) is 18.9 Å². The SMILES string of the molecule is CN1CC[C@@H]2CCN(c3ccc(C(N)=O)cc3[N+](=O)[O-])[C@@H]2C1. The highest BCUT2D eigenvalue weighted by Crippen LogP contribution is 2.39. The Morgan fingerprint density at radius 2 is 2.09 bits per heavy atom. The van der Waals surface area contributed by atoms with E-state index in [9.17, 15) is 14.9 Å². The number of likely N-dealkylation sites (tertiary alicyclic amines) is 1. The first kappa shape index (κ1) is 14.8. The normalized spacial score (nSPS) is 25.0. The first-order valence-electron chi connectivity index (χ1n) is 7.51. The van der Waals surface area contributed by atoms with Crippen molar-refractivity contribution in [1.82, 2.24) is 4.90 Å². The van der Waals surface area contributed by atoms with E-state index in [1.165, 1.54) is 6.07 Å². The lowest BCUT2D eigenvalue weighted by Crippen LogP contribution is -2.46. The third-order valence-electron chi connectivity index (χ3n) is 4.83. The molecule has 1 aromatic rings. The Balaban J connectivity index is 1.97. The van der Waals surface area contributed by atoms with Crippen molar-refractivity contribution in [3.8, 4) is 0 Å². The molecule has 2 aliphatic heterocycles. The van der Waals surface area contributed by atoms with E-state index >= 15 is 0 Å². The number of nitro benzene ring substituents is 1. The van der Waals surface area contributed by atoms with Crippen LogP contribution < -0.4 is 10.6 Å². The predicted octanol–water partition coefficient (Wildman–Crippen LogP) is 1.22. The molecule has 2 N–H and O–H groups in total. The van der Waals surface area contributed by atoms with Crippen LogP contribution in [0.5, 0.6) is 0 Å². The number of piperidine rings is 1. The maximum Gasteiger partial charge on any atom is 0.293 e. The van der Waals surface area contributed by atoms with Gasteiger partial charge in [0.25, 0.3) is 5.69 Å². The molecule has 7 nitrogen and oxygen atoms in total. The average Bonchev–Trinajstić information content (AvgIpc) is 2.89. The summed E-state index contributed by atoms with van der Waals surface area (Å²) in [6.45, 7) is 2.82. The summed E-state index contributed by atoms with van der Waals surface area (Å²) >= 11 is 0. The van der Waals surface area contributed by atoms with Gasteiger partial charge in [0.2, 0.25) is 5.91 Å². The first-order chi connectivity index (χ1) is 10.5. The summed E-state index contributed by atoms with van der Waals surface area (Å²) in [6, 6.07) is 4.83. The van der Waals surface area contributed by atoms with E-state index < -0.39 is 10.8 Å². The lowest BCUT2D eigenvalue weighted by atomic mass is 9.92. The average molecular weight is 304 g/mol. The Labute approximate surface area is 128 Å². The van der Waals surface area contributed by atoms with Gasteiger partial charge in [-0.25, -0.2) is 0 Å². The highest BCUT2D eigenvalue weighted by atomic mass is 16.6. The maximum atomic E-state index is 11.4. The molecule has 2 atom stereocenters. The molecule has 0 aliphatic carbocycles. The van der Waals surface area contributed by atoms with Crippen molar-refractivity contribution in [3.05, 3.63) is 33.9 Å². The number of nitrogens with zero attached hydrogens (tertiary/aromatic N) is 3. The molecule has 0 spiro atoms. The molecule has 22 heavy (non-hydrogen) atoms. The highest BCUT2D eigenvalue weighted by Gasteiger charge is 2.39. The minimum absolute atomic E-state index is 0.0369. The molecule has 1 amide bonds. The zero-order valence-corrected chi connectivity index (χ0v) is 12.6. The fourth-order valence-electron chi connectivity index (χ4n) is 3.66. The number of carbonyl (C=O) groups is 1. The summed E-state index contributed by atoms with van der Waals surface area (Å²) in [5.74, 6) is -0.0574. The number of fused-ring (bicyclic) bond motifs is 1. The fourth-order valence-corrected chi connectivity index (χ4v) is 3.66. The second-order valence-electron chi connectivity index (χ2n) is 6.19. The van der Waals surface area contributed by atoms with E-state index in [0.717, 1.165) is 32.5 Å². The number of benzene rings is 1. The van der Waals surface area contributed by atoms with Gasteiger partial charge in [-0.3, -0.25) is 14.9 Å². The Morgan fingerprint density at radius 3 is 2.77 bits per heavy atom. The Hall–Kier alpha value is -2.15. The van der Waals surface area contributed by atoms with Crippen LogP contribution in [0.1, 0.15) is 23.2 Å². The van der Waals surface area contributed by atoms with Gasteiger partial charge in [-0.1, -0.05) is 0 Å². The van der Waals surface area contributed by atoms with Gasteiger partial charge in [-0.15, -0.1) is 0 Å². The van der Waals surface area contributed by atoms with Crippen LogP contribution in [0.3, 0.4) is 0 Å². The first-order valence-corrected chi connectivity index (χ1v) is 7.51. The number of rotatable bonds is 3. The van der Waals surface area contributed by atoms with E-state index in [4.69, 9.17) is 5.73 Å². The quantitative estimate of drug-likeness (QED) is 0.669. The third-order valence-corrected chi connectivity index (χ3v) is 4.83. The van der Waals surface area contributed by atoms with E-state index in [1.54, 1.807) is 12.1 Å². The van der Waals surface area contributed by atoms with Gasteiger partial charge < -0.3 is 15.5 Å². The van der Waals surface area contributed by atoms with E-state index in [-0.39, 0.29) is 11.3 Å². The van der Waals surface area contributed by atoms with Crippen LogP contribution in [0, 0.1) is 16.0 Å². The summed E-state index contributed by atoms with van der Waals surface area (Å²) in [5, 5.41) is 11.4. The van der Waals surface area contributed by atoms with Gasteiger partial charge in [-0.2, -0.15) is 0 Å². The molecule has 0 saturated carbocycles. The summed E-state index contributed by atoms with van der Waals surface area (Å²) < 4.78 is 0. The number of likely N-dealkylation sites (N-methyl/N-ethyl adjacent to an activating group) is 1. The standard InChI is InChI=1S/C15H20N4O3/c1-17-6-4-10-5-7-18(14(10)9-17)12-3-2-11(15(16)20)8-13(12)19(21)22/h2-3,8,10,14H,4-7,9H2,1H3,(H2,16,20)/t10-,14-/m1/s1. The minimum atomic E-state index is -0.647. The second kappa shape index (κ2) is 5.57. The largest absolute Gasteiger partial charge is 0.366 e. The number of hydrogen-bond acceptors (Lipinski definition) is 5. The van der Waals surface area contributed by atoms with Crippen molar-refractivity contribution < 1.29 is 9.72 Å². The van der Waals surface area contributed by atoms with Crippen LogP contribution in [0.4, 0.5) is 11.4 Å². The van der Waals surface area contributed by atoms with Crippen molar-refractivity contribution in [2.75, 3.05) is 31.6 Å². The van der Waals surface area contributed by atoms with Crippen molar-refractivity contribution in [3.63, 3.8) is 0 Å². The van der Waals surface area contributed by atoms with Crippen molar-refractivity contribution in [2.24, 2.45) is 11.7 Å². The molecule has 0 bridgehead atoms. The number of hydrogen-bond donors (Lipinski definition) is 1. The molecule has 0 radical (unpaired) electrons. The van der Waals surface area contributed by atoms with Crippen LogP contribution in [0.25, 0.3) is 0 Å². The van der Waals surface area contributed by atoms with Gasteiger partial charge in [-0.05, 0) is 44.5 Å². The number of anilines is 1. The summed E-state index contributed by atoms with van der Waals surface area (Å²) in [4.78, 5) is 26.6. The molecule has 2 fully saturated rings. The van der Waals surface area contributed by atoms with Crippen LogP contribution in [-0.4, -0.2) is 48.5 Å². The summed E-state index contributed by atoms with van der Waals surface area (Å²) in [6.07, 6.45) is 2.19. The molecule has 2 heterocycles. The molecular weight excluding hydrogens is 284 g/mol. The maximum absolute atomic E-state index is 11.4. The third kappa shape index (κ3) is 2.52. The van der Waals surface area contributed by atoms with Gasteiger partial charge in [0.05, 0.1) is 4.92 Å². The van der Waals surface area contributed by atoms with E-state index in [2.05, 4.69) is 16.8 Å². The number of amides is 1. The Morgan fingerprint density at radius 1 is 1.36 bits per heavy atom. The zero-order valence-electron chi connectivity index (χ0n) is 12.6. The minimum Gasteiger partial charge on any atom is -0.366 e. The van der Waals surface area contributed by atoms with Crippen LogP contribution >= 0.6 is 0 Å². The molecule has 2 aliphatic rings. The van der Waals surface area contributed by atoms with Gasteiger partial charge in [0, 0.05) is 30.8 Å². The Bertz CT molecular complexity index is 619. The van der Waals surface area contributed by atoms with E-state index in [0.29, 0.717) is 17.6 Å². The van der Waals surface area contributed by atoms with Gasteiger partial charge >= 0.3 is 0 Å². The number of nitro groups is 1. The number of nitrogens with two attached hydrogens (primary N) is 1. The highest BCUT2D eigenvalue weighted by molar-refractivity contribution is 5.94. The lowest BCUT2D eigenvalue weighted by Gasteiger charge is -2.37. The molecule has 118 valence electrons. The monoisotopic (exact) mass is 304 g/mol. The van der Waals surface area contributed by atoms with E-state index in [1.807, 2.05) is 0 Å². The Kier molecular flexibility index (Phi) is 3.74. The summed E-state index contributed by atoms with van der Waals surface area (Å²) in [5.41, 5.74) is 5.96. The zero-order chi connectivity index (χ0) is 15.9. The number of primary amides is 1. The topological polar surface area (TPSA) is 92.7 Å². The molecule has 0 aromatic heterocycles. The van der Waals surface area contributed by atoms with Gasteiger partial charge in [0.1, 0.15) is 5.69 Å². The molecule has 2 saturated heterocycles.